The minimum atomic E-state index is -0.405. The second-order valence-electron chi connectivity index (χ2n) is 4.16. The van der Waals surface area contributed by atoms with Gasteiger partial charge in [0, 0.05) is 24.3 Å². The SMILES string of the molecule is N/C(=N/O)c1ccc(CNCCCOCCO)c(F)c1. The van der Waals surface area contributed by atoms with Crippen LogP contribution in [0.15, 0.2) is 23.4 Å². The van der Waals surface area contributed by atoms with Crippen LogP contribution in [0.2, 0.25) is 0 Å². The van der Waals surface area contributed by atoms with Crippen molar-refractivity contribution in [1.29, 1.82) is 0 Å². The lowest BCUT2D eigenvalue weighted by Gasteiger charge is -2.07. The van der Waals surface area contributed by atoms with Gasteiger partial charge in [0.2, 0.25) is 0 Å². The van der Waals surface area contributed by atoms with Crippen molar-refractivity contribution < 1.29 is 19.4 Å². The molecule has 0 unspecified atom stereocenters. The van der Waals surface area contributed by atoms with Crippen molar-refractivity contribution in [3.63, 3.8) is 0 Å². The molecule has 0 heterocycles. The summed E-state index contributed by atoms with van der Waals surface area (Å²) in [6.07, 6.45) is 0.782. The molecule has 0 aliphatic rings. The topological polar surface area (TPSA) is 100 Å². The van der Waals surface area contributed by atoms with E-state index in [0.717, 1.165) is 6.42 Å². The van der Waals surface area contributed by atoms with Gasteiger partial charge in [-0.3, -0.25) is 0 Å². The molecule has 0 saturated carbocycles. The summed E-state index contributed by atoms with van der Waals surface area (Å²) in [5.74, 6) is -0.525. The van der Waals surface area contributed by atoms with Gasteiger partial charge in [0.1, 0.15) is 5.82 Å². The van der Waals surface area contributed by atoms with Crippen molar-refractivity contribution >= 4 is 5.84 Å². The third kappa shape index (κ3) is 5.52. The Bertz CT molecular complexity index is 441. The summed E-state index contributed by atoms with van der Waals surface area (Å²) in [6, 6.07) is 4.42. The molecule has 0 bridgehead atoms. The van der Waals surface area contributed by atoms with Crippen LogP contribution in [-0.4, -0.2) is 42.5 Å². The van der Waals surface area contributed by atoms with E-state index in [0.29, 0.717) is 37.4 Å². The highest BCUT2D eigenvalue weighted by atomic mass is 19.1. The molecule has 7 heteroatoms. The first kappa shape index (κ1) is 16.4. The molecule has 1 aromatic rings. The summed E-state index contributed by atoms with van der Waals surface area (Å²) < 4.78 is 18.8. The van der Waals surface area contributed by atoms with Crippen molar-refractivity contribution in [1.82, 2.24) is 5.32 Å². The van der Waals surface area contributed by atoms with E-state index >= 15 is 0 Å². The fraction of sp³-hybridized carbons (Fsp3) is 0.462. The normalized spacial score (nSPS) is 11.8. The van der Waals surface area contributed by atoms with Gasteiger partial charge < -0.3 is 26.1 Å². The second kappa shape index (κ2) is 9.24. The minimum Gasteiger partial charge on any atom is -0.409 e. The number of aliphatic hydroxyl groups is 1. The summed E-state index contributed by atoms with van der Waals surface area (Å²) in [5, 5.41) is 22.9. The van der Waals surface area contributed by atoms with Crippen LogP contribution in [0.5, 0.6) is 0 Å². The van der Waals surface area contributed by atoms with Gasteiger partial charge in [-0.1, -0.05) is 17.3 Å². The number of hydrogen-bond donors (Lipinski definition) is 4. The molecule has 0 aliphatic carbocycles. The molecule has 0 spiro atoms. The highest BCUT2D eigenvalue weighted by Gasteiger charge is 2.06. The predicted octanol–water partition coefficient (Wildman–Crippen LogP) is 0.409. The van der Waals surface area contributed by atoms with Crippen LogP contribution in [-0.2, 0) is 11.3 Å². The average molecular weight is 285 g/mol. The van der Waals surface area contributed by atoms with Crippen molar-refractivity contribution in [2.75, 3.05) is 26.4 Å². The Balaban J connectivity index is 2.34. The molecule has 1 aromatic carbocycles. The van der Waals surface area contributed by atoms with Crippen LogP contribution >= 0.6 is 0 Å². The quantitative estimate of drug-likeness (QED) is 0.173. The maximum absolute atomic E-state index is 13.7. The zero-order chi connectivity index (χ0) is 14.8. The summed E-state index contributed by atoms with van der Waals surface area (Å²) in [6.45, 7) is 1.99. The van der Waals surface area contributed by atoms with Gasteiger partial charge in [-0.15, -0.1) is 0 Å². The van der Waals surface area contributed by atoms with Crippen LogP contribution in [0.1, 0.15) is 17.5 Å². The smallest absolute Gasteiger partial charge is 0.170 e. The number of ether oxygens (including phenoxy) is 1. The number of oxime groups is 1. The van der Waals surface area contributed by atoms with Crippen LogP contribution in [0.3, 0.4) is 0 Å². The molecule has 0 atom stereocenters. The largest absolute Gasteiger partial charge is 0.409 e. The van der Waals surface area contributed by atoms with Gasteiger partial charge in [0.15, 0.2) is 5.84 Å². The number of halogens is 1. The molecule has 20 heavy (non-hydrogen) atoms. The van der Waals surface area contributed by atoms with Crippen LogP contribution in [0.25, 0.3) is 0 Å². The summed E-state index contributed by atoms with van der Waals surface area (Å²) in [7, 11) is 0. The highest BCUT2D eigenvalue weighted by Crippen LogP contribution is 2.10. The molecule has 0 aliphatic heterocycles. The number of rotatable bonds is 9. The maximum atomic E-state index is 13.7. The lowest BCUT2D eigenvalue weighted by atomic mass is 10.1. The number of nitrogens with zero attached hydrogens (tertiary/aromatic N) is 1. The van der Waals surface area contributed by atoms with Crippen molar-refractivity contribution in [3.8, 4) is 0 Å². The Kier molecular flexibility index (Phi) is 7.56. The van der Waals surface area contributed by atoms with Gasteiger partial charge in [0.05, 0.1) is 13.2 Å². The fourth-order valence-corrected chi connectivity index (χ4v) is 1.60. The first-order valence-electron chi connectivity index (χ1n) is 6.34. The summed E-state index contributed by atoms with van der Waals surface area (Å²) in [5.41, 5.74) is 6.23. The molecule has 0 saturated heterocycles. The zero-order valence-electron chi connectivity index (χ0n) is 11.2. The second-order valence-corrected chi connectivity index (χ2v) is 4.16. The molecular weight excluding hydrogens is 265 g/mol. The van der Waals surface area contributed by atoms with E-state index in [2.05, 4.69) is 10.5 Å². The van der Waals surface area contributed by atoms with Crippen molar-refractivity contribution in [3.05, 3.63) is 35.1 Å². The van der Waals surface area contributed by atoms with E-state index in [9.17, 15) is 4.39 Å². The highest BCUT2D eigenvalue weighted by molar-refractivity contribution is 5.97. The molecule has 112 valence electrons. The molecule has 1 rings (SSSR count). The molecule has 0 aromatic heterocycles. The Morgan fingerprint density at radius 1 is 1.40 bits per heavy atom. The minimum absolute atomic E-state index is 0.0191. The van der Waals surface area contributed by atoms with Gasteiger partial charge >= 0.3 is 0 Å². The number of benzene rings is 1. The predicted molar refractivity (Wildman–Crippen MR) is 73.1 cm³/mol. The summed E-state index contributed by atoms with van der Waals surface area (Å²) in [4.78, 5) is 0. The molecule has 0 fully saturated rings. The lowest BCUT2D eigenvalue weighted by molar-refractivity contribution is 0.0907. The third-order valence-electron chi connectivity index (χ3n) is 2.65. The summed E-state index contributed by atoms with van der Waals surface area (Å²) >= 11 is 0. The van der Waals surface area contributed by atoms with Gasteiger partial charge in [0.25, 0.3) is 0 Å². The van der Waals surface area contributed by atoms with Crippen LogP contribution in [0, 0.1) is 5.82 Å². The van der Waals surface area contributed by atoms with Gasteiger partial charge in [-0.2, -0.15) is 0 Å². The number of nitrogens with two attached hydrogens (primary N) is 1. The molecular formula is C13H20FN3O3. The third-order valence-corrected chi connectivity index (χ3v) is 2.65. The van der Waals surface area contributed by atoms with Crippen LogP contribution < -0.4 is 11.1 Å². The molecule has 5 N–H and O–H groups in total. The van der Waals surface area contributed by atoms with E-state index in [4.69, 9.17) is 20.8 Å². The van der Waals surface area contributed by atoms with E-state index in [1.165, 1.54) is 6.07 Å². The molecule has 6 nitrogen and oxygen atoms in total. The molecule has 0 radical (unpaired) electrons. The zero-order valence-corrected chi connectivity index (χ0v) is 11.2. The standard InChI is InChI=1S/C13H20FN3O3/c14-12-8-10(13(15)17-19)2-3-11(12)9-16-4-1-6-20-7-5-18/h2-3,8,16,18-19H,1,4-7,9H2,(H2,15,17). The van der Waals surface area contributed by atoms with E-state index < -0.39 is 5.82 Å². The van der Waals surface area contributed by atoms with Crippen LogP contribution in [0.4, 0.5) is 4.39 Å². The first-order valence-corrected chi connectivity index (χ1v) is 6.34. The van der Waals surface area contributed by atoms with Gasteiger partial charge in [-0.25, -0.2) is 4.39 Å². The van der Waals surface area contributed by atoms with Crippen molar-refractivity contribution in [2.24, 2.45) is 10.9 Å². The number of amidine groups is 1. The molecule has 0 amide bonds. The lowest BCUT2D eigenvalue weighted by Crippen LogP contribution is -2.18. The van der Waals surface area contributed by atoms with E-state index in [1.807, 2.05) is 0 Å². The van der Waals surface area contributed by atoms with E-state index in [1.54, 1.807) is 12.1 Å². The fourth-order valence-electron chi connectivity index (χ4n) is 1.60. The monoisotopic (exact) mass is 285 g/mol. The van der Waals surface area contributed by atoms with Gasteiger partial charge in [-0.05, 0) is 19.0 Å². The Hall–Kier alpha value is -1.70. The maximum Gasteiger partial charge on any atom is 0.170 e. The number of hydrogen-bond acceptors (Lipinski definition) is 5. The average Bonchev–Trinajstić information content (AvgIpc) is 2.46. The Morgan fingerprint density at radius 3 is 2.85 bits per heavy atom. The number of nitrogens with one attached hydrogen (secondary N) is 1. The Morgan fingerprint density at radius 2 is 2.20 bits per heavy atom. The first-order chi connectivity index (χ1) is 9.69. The Labute approximate surface area is 117 Å². The number of aliphatic hydroxyl groups excluding tert-OH is 1. The van der Waals surface area contributed by atoms with E-state index in [-0.39, 0.29) is 12.4 Å². The van der Waals surface area contributed by atoms with Crippen molar-refractivity contribution in [2.45, 2.75) is 13.0 Å².